The fourth-order valence-corrected chi connectivity index (χ4v) is 2.94. The maximum absolute atomic E-state index is 13.8. The van der Waals surface area contributed by atoms with Crippen molar-refractivity contribution in [2.24, 2.45) is 0 Å². The number of rotatable bonds is 4. The van der Waals surface area contributed by atoms with E-state index in [-0.39, 0.29) is 4.90 Å². The van der Waals surface area contributed by atoms with Gasteiger partial charge in [-0.1, -0.05) is 23.7 Å². The molecule has 0 saturated heterocycles. The number of halogens is 5. The van der Waals surface area contributed by atoms with E-state index in [1.165, 1.54) is 24.3 Å². The van der Waals surface area contributed by atoms with Gasteiger partial charge in [0.1, 0.15) is 5.82 Å². The predicted molar refractivity (Wildman–Crippen MR) is 76.9 cm³/mol. The van der Waals surface area contributed by atoms with Crippen LogP contribution in [0.4, 0.5) is 17.6 Å². The molecular formula is C14H10ClF4NO2S. The smallest absolute Gasteiger partial charge is 0.207 e. The van der Waals surface area contributed by atoms with Gasteiger partial charge in [-0.05, 0) is 30.3 Å². The molecule has 2 rings (SSSR count). The summed E-state index contributed by atoms with van der Waals surface area (Å²) in [5.74, 6) is -1.50. The Balaban J connectivity index is 2.22. The van der Waals surface area contributed by atoms with Crippen molar-refractivity contribution in [1.82, 2.24) is 4.72 Å². The van der Waals surface area contributed by atoms with Crippen molar-refractivity contribution in [3.63, 3.8) is 0 Å². The highest BCUT2D eigenvalue weighted by molar-refractivity contribution is 7.89. The lowest BCUT2D eigenvalue weighted by molar-refractivity contribution is -0.140. The highest BCUT2D eigenvalue weighted by Gasteiger charge is 2.34. The highest BCUT2D eigenvalue weighted by Crippen LogP contribution is 2.32. The topological polar surface area (TPSA) is 46.2 Å². The van der Waals surface area contributed by atoms with Gasteiger partial charge in [0, 0.05) is 17.1 Å². The van der Waals surface area contributed by atoms with E-state index in [0.717, 1.165) is 12.1 Å². The van der Waals surface area contributed by atoms with Crippen LogP contribution < -0.4 is 4.72 Å². The first-order valence-electron chi connectivity index (χ1n) is 6.21. The minimum atomic E-state index is -4.85. The van der Waals surface area contributed by atoms with Crippen LogP contribution in [0.3, 0.4) is 0 Å². The normalized spacial score (nSPS) is 12.4. The molecule has 0 atom stereocenters. The summed E-state index contributed by atoms with van der Waals surface area (Å²) in [6.07, 6.45) is -4.85. The van der Waals surface area contributed by atoms with Crippen LogP contribution in [0.25, 0.3) is 0 Å². The summed E-state index contributed by atoms with van der Waals surface area (Å²) < 4.78 is 77.7. The fourth-order valence-electron chi connectivity index (χ4n) is 1.81. The van der Waals surface area contributed by atoms with Crippen LogP contribution in [0.2, 0.25) is 5.02 Å². The molecule has 9 heteroatoms. The molecule has 0 aliphatic heterocycles. The quantitative estimate of drug-likeness (QED) is 0.831. The predicted octanol–water partition coefficient (Wildman–Crippen LogP) is 3.98. The average Bonchev–Trinajstić information content (AvgIpc) is 2.45. The lowest BCUT2D eigenvalue weighted by Gasteiger charge is -2.12. The molecule has 0 saturated carbocycles. The van der Waals surface area contributed by atoms with E-state index in [2.05, 4.69) is 4.72 Å². The second kappa shape index (κ2) is 6.46. The first-order valence-corrected chi connectivity index (χ1v) is 8.07. The van der Waals surface area contributed by atoms with Crippen LogP contribution in [0.1, 0.15) is 11.1 Å². The van der Waals surface area contributed by atoms with E-state index < -0.39 is 39.7 Å². The molecular weight excluding hydrogens is 358 g/mol. The zero-order valence-electron chi connectivity index (χ0n) is 11.4. The molecule has 1 N–H and O–H groups in total. The number of hydrogen-bond donors (Lipinski definition) is 1. The summed E-state index contributed by atoms with van der Waals surface area (Å²) in [4.78, 5) is -0.130. The summed E-state index contributed by atoms with van der Waals surface area (Å²) in [5.41, 5.74) is -1.85. The second-order valence-electron chi connectivity index (χ2n) is 4.55. The van der Waals surface area contributed by atoms with Gasteiger partial charge in [-0.3, -0.25) is 0 Å². The van der Waals surface area contributed by atoms with E-state index >= 15 is 0 Å². The number of alkyl halides is 3. The monoisotopic (exact) mass is 367 g/mol. The Morgan fingerprint density at radius 2 is 1.65 bits per heavy atom. The van der Waals surface area contributed by atoms with Gasteiger partial charge in [-0.2, -0.15) is 13.2 Å². The van der Waals surface area contributed by atoms with Crippen LogP contribution in [0.5, 0.6) is 0 Å². The van der Waals surface area contributed by atoms with Gasteiger partial charge < -0.3 is 0 Å². The molecule has 0 aliphatic rings. The number of nitrogens with one attached hydrogen (secondary N) is 1. The molecule has 3 nitrogen and oxygen atoms in total. The van der Waals surface area contributed by atoms with Gasteiger partial charge in [-0.15, -0.1) is 0 Å². The van der Waals surface area contributed by atoms with Crippen molar-refractivity contribution < 1.29 is 26.0 Å². The van der Waals surface area contributed by atoms with Crippen molar-refractivity contribution in [2.75, 3.05) is 0 Å². The van der Waals surface area contributed by atoms with Crippen molar-refractivity contribution in [3.05, 3.63) is 64.4 Å². The Morgan fingerprint density at radius 3 is 2.22 bits per heavy atom. The lowest BCUT2D eigenvalue weighted by atomic mass is 10.1. The average molecular weight is 368 g/mol. The third-order valence-electron chi connectivity index (χ3n) is 2.96. The zero-order valence-corrected chi connectivity index (χ0v) is 12.9. The van der Waals surface area contributed by atoms with Crippen molar-refractivity contribution >= 4 is 21.6 Å². The molecule has 0 heterocycles. The first-order chi connectivity index (χ1) is 10.6. The third-order valence-corrected chi connectivity index (χ3v) is 4.63. The minimum Gasteiger partial charge on any atom is -0.207 e. The fraction of sp³-hybridized carbons (Fsp3) is 0.143. The van der Waals surface area contributed by atoms with Gasteiger partial charge in [-0.25, -0.2) is 17.5 Å². The van der Waals surface area contributed by atoms with E-state index in [4.69, 9.17) is 11.6 Å². The summed E-state index contributed by atoms with van der Waals surface area (Å²) in [5, 5.41) is 0.327. The SMILES string of the molecule is O=S(=O)(NCc1cccc(C(F)(F)F)c1F)c1ccc(Cl)cc1. The van der Waals surface area contributed by atoms with Crippen molar-refractivity contribution in [1.29, 1.82) is 0 Å². The molecule has 0 bridgehead atoms. The maximum Gasteiger partial charge on any atom is 0.419 e. The van der Waals surface area contributed by atoms with Gasteiger partial charge in [0.15, 0.2) is 0 Å². The van der Waals surface area contributed by atoms with Crippen molar-refractivity contribution in [3.8, 4) is 0 Å². The molecule has 0 radical (unpaired) electrons. The lowest BCUT2D eigenvalue weighted by Crippen LogP contribution is -2.24. The van der Waals surface area contributed by atoms with Gasteiger partial charge in [0.2, 0.25) is 10.0 Å². The standard InChI is InChI=1S/C14H10ClF4NO2S/c15-10-4-6-11(7-5-10)23(21,22)20-8-9-2-1-3-12(13(9)16)14(17,18)19/h1-7,20H,8H2. The van der Waals surface area contributed by atoms with Crippen LogP contribution in [-0.2, 0) is 22.7 Å². The molecule has 0 aliphatic carbocycles. The van der Waals surface area contributed by atoms with Crippen molar-refractivity contribution in [2.45, 2.75) is 17.6 Å². The van der Waals surface area contributed by atoms with Crippen LogP contribution >= 0.6 is 11.6 Å². The van der Waals surface area contributed by atoms with E-state index in [0.29, 0.717) is 11.1 Å². The molecule has 0 unspecified atom stereocenters. The minimum absolute atomic E-state index is 0.130. The van der Waals surface area contributed by atoms with Gasteiger partial charge in [0.05, 0.1) is 10.5 Å². The largest absolute Gasteiger partial charge is 0.419 e. The summed E-state index contributed by atoms with van der Waals surface area (Å²) >= 11 is 5.64. The van der Waals surface area contributed by atoms with E-state index in [9.17, 15) is 26.0 Å². The summed E-state index contributed by atoms with van der Waals surface area (Å²) in [6.45, 7) is -0.610. The van der Waals surface area contributed by atoms with E-state index in [1.54, 1.807) is 0 Å². The molecule has 23 heavy (non-hydrogen) atoms. The maximum atomic E-state index is 13.8. The first kappa shape index (κ1) is 17.7. The Labute approximate surface area is 134 Å². The number of sulfonamides is 1. The summed E-state index contributed by atoms with van der Waals surface area (Å²) in [6, 6.07) is 7.83. The van der Waals surface area contributed by atoms with Crippen LogP contribution in [-0.4, -0.2) is 8.42 Å². The third kappa shape index (κ3) is 4.21. The van der Waals surface area contributed by atoms with Gasteiger partial charge >= 0.3 is 6.18 Å². The van der Waals surface area contributed by atoms with Crippen LogP contribution in [0, 0.1) is 5.82 Å². The second-order valence-corrected chi connectivity index (χ2v) is 6.76. The zero-order chi connectivity index (χ0) is 17.3. The molecule has 2 aromatic carbocycles. The Bertz CT molecular complexity index is 805. The molecule has 2 aromatic rings. The molecule has 0 fully saturated rings. The number of benzene rings is 2. The summed E-state index contributed by atoms with van der Waals surface area (Å²) in [7, 11) is -4.00. The molecule has 0 amide bonds. The highest BCUT2D eigenvalue weighted by atomic mass is 35.5. The van der Waals surface area contributed by atoms with Crippen LogP contribution in [0.15, 0.2) is 47.4 Å². The molecule has 0 spiro atoms. The Hall–Kier alpha value is -1.64. The Kier molecular flexibility index (Phi) is 4.98. The van der Waals surface area contributed by atoms with E-state index in [1.807, 2.05) is 0 Å². The molecule has 0 aromatic heterocycles. The van der Waals surface area contributed by atoms with Gasteiger partial charge in [0.25, 0.3) is 0 Å². The molecule has 124 valence electrons. The number of hydrogen-bond acceptors (Lipinski definition) is 2. The Morgan fingerprint density at radius 1 is 1.04 bits per heavy atom.